The van der Waals surface area contributed by atoms with Gasteiger partial charge in [-0.1, -0.05) is 48.1 Å². The summed E-state index contributed by atoms with van der Waals surface area (Å²) in [7, 11) is 3.08. The van der Waals surface area contributed by atoms with Crippen molar-refractivity contribution in [3.05, 3.63) is 52.5 Å². The summed E-state index contributed by atoms with van der Waals surface area (Å²) in [5, 5.41) is 12.8. The van der Waals surface area contributed by atoms with Gasteiger partial charge in [0.1, 0.15) is 17.2 Å². The van der Waals surface area contributed by atoms with Crippen LogP contribution in [0.15, 0.2) is 36.4 Å². The molecule has 2 unspecified atom stereocenters. The van der Waals surface area contributed by atoms with Gasteiger partial charge in [-0.05, 0) is 12.1 Å². The van der Waals surface area contributed by atoms with Gasteiger partial charge in [-0.3, -0.25) is 4.79 Å². The zero-order valence-corrected chi connectivity index (χ0v) is 16.3. The molecule has 6 nitrogen and oxygen atoms in total. The molecule has 142 valence electrons. The maximum absolute atomic E-state index is 11.3. The van der Waals surface area contributed by atoms with Crippen LogP contribution in [-0.2, 0) is 9.53 Å². The van der Waals surface area contributed by atoms with E-state index in [1.165, 1.54) is 7.11 Å². The van der Waals surface area contributed by atoms with E-state index in [9.17, 15) is 9.90 Å². The van der Waals surface area contributed by atoms with Gasteiger partial charge in [0.2, 0.25) is 0 Å². The average Bonchev–Trinajstić information content (AvgIpc) is 2.78. The minimum Gasteiger partial charge on any atom is -0.493 e. The Bertz CT molecular complexity index is 888. The lowest BCUT2D eigenvalue weighted by molar-refractivity contribution is -0.139. The molecule has 0 aliphatic carbocycles. The van der Waals surface area contributed by atoms with Crippen molar-refractivity contribution in [2.45, 2.75) is 18.6 Å². The summed E-state index contributed by atoms with van der Waals surface area (Å²) >= 11 is 11.7. The van der Waals surface area contributed by atoms with Gasteiger partial charge < -0.3 is 24.6 Å². The van der Waals surface area contributed by atoms with Crippen LogP contribution in [0.5, 0.6) is 11.5 Å². The molecular formula is C19H18ClNO5S. The first kappa shape index (κ1) is 19.4. The van der Waals surface area contributed by atoms with E-state index in [0.717, 1.165) is 5.56 Å². The molecule has 1 aliphatic heterocycles. The highest BCUT2D eigenvalue weighted by Gasteiger charge is 2.33. The zero-order valence-electron chi connectivity index (χ0n) is 14.7. The predicted molar refractivity (Wildman–Crippen MR) is 106 cm³/mol. The van der Waals surface area contributed by atoms with Crippen LogP contribution in [0.2, 0.25) is 5.02 Å². The van der Waals surface area contributed by atoms with E-state index >= 15 is 0 Å². The van der Waals surface area contributed by atoms with Gasteiger partial charge >= 0.3 is 5.97 Å². The SMILES string of the molecule is COc1cccc(C2OC(CC(=O)O)C(=S)Nc3c(Cl)cccc32)c1OC. The van der Waals surface area contributed by atoms with Crippen molar-refractivity contribution in [2.24, 2.45) is 0 Å². The maximum atomic E-state index is 11.3. The summed E-state index contributed by atoms with van der Waals surface area (Å²) in [6.07, 6.45) is -1.76. The Morgan fingerprint density at radius 3 is 2.59 bits per heavy atom. The van der Waals surface area contributed by atoms with Gasteiger partial charge in [0.15, 0.2) is 11.5 Å². The number of nitrogens with one attached hydrogen (secondary N) is 1. The number of carboxylic acid groups (broad SMARTS) is 1. The monoisotopic (exact) mass is 407 g/mol. The van der Waals surface area contributed by atoms with Crippen LogP contribution in [0, 0.1) is 0 Å². The van der Waals surface area contributed by atoms with E-state index in [1.807, 2.05) is 18.2 Å². The standard InChI is InChI=1S/C19H18ClNO5S/c1-24-13-8-4-6-11(18(13)25-2)17-10-5-3-7-12(20)16(10)21-19(27)14(26-17)9-15(22)23/h3-8,14,17H,9H2,1-2H3,(H,21,27)(H,22,23). The molecular weight excluding hydrogens is 390 g/mol. The molecule has 1 aliphatic rings. The Morgan fingerprint density at radius 1 is 1.22 bits per heavy atom. The molecule has 8 heteroatoms. The third-order valence-corrected chi connectivity index (χ3v) is 4.93. The molecule has 0 aromatic heterocycles. The number of rotatable bonds is 5. The largest absolute Gasteiger partial charge is 0.493 e. The van der Waals surface area contributed by atoms with E-state index in [2.05, 4.69) is 5.32 Å². The molecule has 0 radical (unpaired) electrons. The van der Waals surface area contributed by atoms with Gasteiger partial charge in [-0.15, -0.1) is 0 Å². The number of benzene rings is 2. The number of hydrogen-bond acceptors (Lipinski definition) is 5. The van der Waals surface area contributed by atoms with Gasteiger partial charge in [0.25, 0.3) is 0 Å². The molecule has 27 heavy (non-hydrogen) atoms. The lowest BCUT2D eigenvalue weighted by atomic mass is 9.98. The Hall–Kier alpha value is -2.35. The fourth-order valence-corrected chi connectivity index (χ4v) is 3.52. The molecule has 0 bridgehead atoms. The van der Waals surface area contributed by atoms with Crippen LogP contribution in [-0.4, -0.2) is 36.4 Å². The fraction of sp³-hybridized carbons (Fsp3) is 0.263. The van der Waals surface area contributed by atoms with Gasteiger partial charge in [0, 0.05) is 11.1 Å². The Kier molecular flexibility index (Phi) is 5.84. The van der Waals surface area contributed by atoms with Crippen LogP contribution < -0.4 is 14.8 Å². The molecule has 0 saturated heterocycles. The van der Waals surface area contributed by atoms with Gasteiger partial charge in [0.05, 0.1) is 31.4 Å². The van der Waals surface area contributed by atoms with Gasteiger partial charge in [-0.2, -0.15) is 0 Å². The number of methoxy groups -OCH3 is 2. The van der Waals surface area contributed by atoms with Crippen LogP contribution in [0.3, 0.4) is 0 Å². The number of anilines is 1. The molecule has 2 aromatic carbocycles. The highest BCUT2D eigenvalue weighted by atomic mass is 35.5. The third kappa shape index (κ3) is 3.85. The summed E-state index contributed by atoms with van der Waals surface area (Å²) in [5.41, 5.74) is 2.00. The second kappa shape index (κ2) is 8.12. The first-order valence-electron chi connectivity index (χ1n) is 8.13. The number of carbonyl (C=O) groups is 1. The number of para-hydroxylation sites is 2. The lowest BCUT2D eigenvalue weighted by Crippen LogP contribution is -2.30. The van der Waals surface area contributed by atoms with Gasteiger partial charge in [-0.25, -0.2) is 0 Å². The highest BCUT2D eigenvalue weighted by Crippen LogP contribution is 2.44. The highest BCUT2D eigenvalue weighted by molar-refractivity contribution is 7.80. The van der Waals surface area contributed by atoms with Crippen molar-refractivity contribution in [3.63, 3.8) is 0 Å². The second-order valence-corrected chi connectivity index (χ2v) is 6.73. The molecule has 0 saturated carbocycles. The summed E-state index contributed by atoms with van der Waals surface area (Å²) in [5.74, 6) is 0.0205. The minimum atomic E-state index is -1.02. The number of fused-ring (bicyclic) bond motifs is 1. The number of ether oxygens (including phenoxy) is 3. The first-order chi connectivity index (χ1) is 13.0. The first-order valence-corrected chi connectivity index (χ1v) is 8.92. The predicted octanol–water partition coefficient (Wildman–Crippen LogP) is 4.06. The van der Waals surface area contributed by atoms with Crippen LogP contribution in [0.25, 0.3) is 0 Å². The molecule has 2 N–H and O–H groups in total. The number of hydrogen-bond donors (Lipinski definition) is 2. The Morgan fingerprint density at radius 2 is 1.93 bits per heavy atom. The number of halogens is 1. The van der Waals surface area contributed by atoms with Crippen LogP contribution in [0.1, 0.15) is 23.7 Å². The topological polar surface area (TPSA) is 77.0 Å². The molecule has 0 spiro atoms. The molecule has 3 rings (SSSR count). The lowest BCUT2D eigenvalue weighted by Gasteiger charge is -2.24. The van der Waals surface area contributed by atoms with E-state index in [1.54, 1.807) is 25.3 Å². The normalized spacial score (nSPS) is 18.9. The Labute approximate surface area is 167 Å². The van der Waals surface area contributed by atoms with E-state index in [4.69, 9.17) is 38.0 Å². The smallest absolute Gasteiger partial charge is 0.306 e. The van der Waals surface area contributed by atoms with E-state index in [0.29, 0.717) is 27.8 Å². The summed E-state index contributed by atoms with van der Waals surface area (Å²) in [6, 6.07) is 10.8. The third-order valence-electron chi connectivity index (χ3n) is 4.25. The maximum Gasteiger partial charge on any atom is 0.306 e. The summed E-state index contributed by atoms with van der Waals surface area (Å²) in [4.78, 5) is 11.6. The van der Waals surface area contributed by atoms with Crippen molar-refractivity contribution in [2.75, 3.05) is 19.5 Å². The number of carboxylic acids is 1. The van der Waals surface area contributed by atoms with Crippen molar-refractivity contribution >= 4 is 40.5 Å². The summed E-state index contributed by atoms with van der Waals surface area (Å²) < 4.78 is 17.1. The van der Waals surface area contributed by atoms with Crippen LogP contribution in [0.4, 0.5) is 5.69 Å². The van der Waals surface area contributed by atoms with Crippen molar-refractivity contribution in [1.82, 2.24) is 0 Å². The minimum absolute atomic E-state index is 0.260. The fourth-order valence-electron chi connectivity index (χ4n) is 3.05. The molecule has 2 atom stereocenters. The van der Waals surface area contributed by atoms with E-state index in [-0.39, 0.29) is 11.4 Å². The molecule has 0 amide bonds. The van der Waals surface area contributed by atoms with Crippen molar-refractivity contribution < 1.29 is 24.1 Å². The zero-order chi connectivity index (χ0) is 19.6. The van der Waals surface area contributed by atoms with Crippen molar-refractivity contribution in [3.8, 4) is 11.5 Å². The van der Waals surface area contributed by atoms with Crippen LogP contribution >= 0.6 is 23.8 Å². The molecule has 0 fully saturated rings. The van der Waals surface area contributed by atoms with E-state index < -0.39 is 18.2 Å². The number of thiocarbonyl (C=S) groups is 1. The molecule has 2 aromatic rings. The quantitative estimate of drug-likeness (QED) is 0.723. The second-order valence-electron chi connectivity index (χ2n) is 5.88. The molecule has 1 heterocycles. The Balaban J connectivity index is 2.19. The average molecular weight is 408 g/mol. The summed E-state index contributed by atoms with van der Waals surface area (Å²) in [6.45, 7) is 0. The van der Waals surface area contributed by atoms with Crippen molar-refractivity contribution in [1.29, 1.82) is 0 Å². The number of aliphatic carboxylic acids is 1.